The van der Waals surface area contributed by atoms with Crippen molar-refractivity contribution < 1.29 is 9.53 Å². The van der Waals surface area contributed by atoms with Crippen molar-refractivity contribution in [2.24, 2.45) is 0 Å². The molecule has 1 aromatic rings. The van der Waals surface area contributed by atoms with Gasteiger partial charge in [-0.3, -0.25) is 4.90 Å². The van der Waals surface area contributed by atoms with Crippen molar-refractivity contribution in [3.63, 3.8) is 0 Å². The molecule has 0 aliphatic carbocycles. The lowest BCUT2D eigenvalue weighted by Crippen LogP contribution is -2.47. The zero-order valence-electron chi connectivity index (χ0n) is 13.1. The molecule has 2 N–H and O–H groups in total. The highest BCUT2D eigenvalue weighted by Gasteiger charge is 2.22. The molecule has 3 heterocycles. The second-order valence-corrected chi connectivity index (χ2v) is 7.17. The van der Waals surface area contributed by atoms with Crippen molar-refractivity contribution in [2.45, 2.75) is 44.9 Å². The number of thiophene rings is 1. The average Bonchev–Trinajstić information content (AvgIpc) is 3.20. The zero-order chi connectivity index (χ0) is 15.4. The molecule has 0 spiro atoms. The summed E-state index contributed by atoms with van der Waals surface area (Å²) in [6.07, 6.45) is 3.47. The molecular formula is C16H25N3O2S. The second kappa shape index (κ2) is 7.44. The Morgan fingerprint density at radius 1 is 1.55 bits per heavy atom. The summed E-state index contributed by atoms with van der Waals surface area (Å²) in [4.78, 5) is 15.8. The maximum atomic E-state index is 11.8. The smallest absolute Gasteiger partial charge is 0.314 e. The number of urea groups is 1. The van der Waals surface area contributed by atoms with Crippen LogP contribution >= 0.6 is 11.3 Å². The summed E-state index contributed by atoms with van der Waals surface area (Å²) in [5, 5.41) is 8.06. The third kappa shape index (κ3) is 4.00. The number of nitrogens with zero attached hydrogens (tertiary/aromatic N) is 1. The van der Waals surface area contributed by atoms with E-state index in [-0.39, 0.29) is 12.1 Å². The number of nitrogens with one attached hydrogen (secondary N) is 2. The van der Waals surface area contributed by atoms with Crippen LogP contribution in [0.4, 0.5) is 4.79 Å². The molecule has 1 fully saturated rings. The summed E-state index contributed by atoms with van der Waals surface area (Å²) in [6.45, 7) is 6.37. The lowest BCUT2D eigenvalue weighted by molar-refractivity contribution is 0.111. The maximum Gasteiger partial charge on any atom is 0.314 e. The Bertz CT molecular complexity index is 499. The first-order valence-corrected chi connectivity index (χ1v) is 9.03. The molecule has 2 aliphatic heterocycles. The molecule has 5 nitrogen and oxygen atoms in total. The van der Waals surface area contributed by atoms with Gasteiger partial charge in [-0.25, -0.2) is 4.79 Å². The summed E-state index contributed by atoms with van der Waals surface area (Å²) in [6, 6.07) is 2.48. The molecule has 1 saturated heterocycles. The van der Waals surface area contributed by atoms with Gasteiger partial charge in [0, 0.05) is 43.7 Å². The first-order chi connectivity index (χ1) is 10.7. The number of carbonyl (C=O) groups excluding carboxylic acids is 1. The van der Waals surface area contributed by atoms with Crippen LogP contribution in [0.5, 0.6) is 0 Å². The fraction of sp³-hybridized carbons (Fsp3) is 0.688. The third-order valence-corrected chi connectivity index (χ3v) is 5.56. The Morgan fingerprint density at radius 2 is 2.45 bits per heavy atom. The molecule has 2 aliphatic rings. The molecule has 3 rings (SSSR count). The van der Waals surface area contributed by atoms with Crippen molar-refractivity contribution in [3.8, 4) is 0 Å². The summed E-state index contributed by atoms with van der Waals surface area (Å²) in [5.41, 5.74) is 1.45. The van der Waals surface area contributed by atoms with Crippen LogP contribution < -0.4 is 10.6 Å². The predicted molar refractivity (Wildman–Crippen MR) is 88.3 cm³/mol. The van der Waals surface area contributed by atoms with E-state index in [1.165, 1.54) is 10.4 Å². The standard InChI is InChI=1S/C16H25N3O2S/c1-12(19-6-4-15-13(11-19)5-8-22-15)9-17-16(20)18-10-14-3-2-7-21-14/h5,8,12,14H,2-4,6-7,9-11H2,1H3,(H2,17,18,20)/t12-,14+/m1/s1. The SMILES string of the molecule is C[C@H](CNC(=O)NC[C@@H]1CCCO1)N1CCc2sccc2C1. The van der Waals surface area contributed by atoms with Gasteiger partial charge < -0.3 is 15.4 Å². The largest absolute Gasteiger partial charge is 0.376 e. The molecule has 2 amide bonds. The van der Waals surface area contributed by atoms with E-state index in [0.29, 0.717) is 19.1 Å². The predicted octanol–water partition coefficient (Wildman–Crippen LogP) is 1.97. The van der Waals surface area contributed by atoms with E-state index in [9.17, 15) is 4.79 Å². The van der Waals surface area contributed by atoms with Gasteiger partial charge >= 0.3 is 6.03 Å². The van der Waals surface area contributed by atoms with Gasteiger partial charge in [-0.05, 0) is 43.2 Å². The van der Waals surface area contributed by atoms with Gasteiger partial charge in [0.2, 0.25) is 0 Å². The summed E-state index contributed by atoms with van der Waals surface area (Å²) < 4.78 is 5.50. The fourth-order valence-electron chi connectivity index (χ4n) is 3.09. The first-order valence-electron chi connectivity index (χ1n) is 8.15. The normalized spacial score (nSPS) is 23.0. The van der Waals surface area contributed by atoms with Crippen LogP contribution in [0, 0.1) is 0 Å². The molecule has 22 heavy (non-hydrogen) atoms. The number of amides is 2. The molecule has 0 bridgehead atoms. The number of fused-ring (bicyclic) bond motifs is 1. The van der Waals surface area contributed by atoms with Gasteiger partial charge in [-0.1, -0.05) is 0 Å². The number of hydrogen-bond donors (Lipinski definition) is 2. The molecule has 0 unspecified atom stereocenters. The third-order valence-electron chi connectivity index (χ3n) is 4.53. The van der Waals surface area contributed by atoms with Gasteiger partial charge in [0.05, 0.1) is 6.10 Å². The van der Waals surface area contributed by atoms with Crippen LogP contribution in [-0.4, -0.2) is 49.3 Å². The highest BCUT2D eigenvalue weighted by Crippen LogP contribution is 2.24. The van der Waals surface area contributed by atoms with Gasteiger partial charge in [0.1, 0.15) is 0 Å². The van der Waals surface area contributed by atoms with Crippen LogP contribution in [0.25, 0.3) is 0 Å². The van der Waals surface area contributed by atoms with Crippen molar-refractivity contribution >= 4 is 17.4 Å². The van der Waals surface area contributed by atoms with E-state index in [4.69, 9.17) is 4.74 Å². The van der Waals surface area contributed by atoms with Crippen molar-refractivity contribution in [1.82, 2.24) is 15.5 Å². The van der Waals surface area contributed by atoms with Crippen molar-refractivity contribution in [3.05, 3.63) is 21.9 Å². The molecule has 1 aromatic heterocycles. The Hall–Kier alpha value is -1.11. The van der Waals surface area contributed by atoms with Gasteiger partial charge in [0.25, 0.3) is 0 Å². The number of carbonyl (C=O) groups is 1. The minimum absolute atomic E-state index is 0.0874. The second-order valence-electron chi connectivity index (χ2n) is 6.16. The van der Waals surface area contributed by atoms with E-state index in [1.54, 1.807) is 0 Å². The lowest BCUT2D eigenvalue weighted by Gasteiger charge is -2.32. The van der Waals surface area contributed by atoms with Gasteiger partial charge in [-0.15, -0.1) is 11.3 Å². The first kappa shape index (κ1) is 15.8. The number of ether oxygens (including phenoxy) is 1. The molecule has 6 heteroatoms. The highest BCUT2D eigenvalue weighted by molar-refractivity contribution is 7.10. The quantitative estimate of drug-likeness (QED) is 0.871. The number of rotatable bonds is 5. The van der Waals surface area contributed by atoms with Crippen molar-refractivity contribution in [1.29, 1.82) is 0 Å². The monoisotopic (exact) mass is 323 g/mol. The topological polar surface area (TPSA) is 53.6 Å². The van der Waals surface area contributed by atoms with Crippen molar-refractivity contribution in [2.75, 3.05) is 26.2 Å². The van der Waals surface area contributed by atoms with E-state index < -0.39 is 0 Å². The number of hydrogen-bond acceptors (Lipinski definition) is 4. The zero-order valence-corrected chi connectivity index (χ0v) is 14.0. The van der Waals surface area contributed by atoms with Crippen LogP contribution in [0.1, 0.15) is 30.2 Å². The van der Waals surface area contributed by atoms with Gasteiger partial charge in [0.15, 0.2) is 0 Å². The molecule has 0 aromatic carbocycles. The van der Waals surface area contributed by atoms with E-state index in [2.05, 4.69) is 33.9 Å². The Morgan fingerprint density at radius 3 is 3.27 bits per heavy atom. The van der Waals surface area contributed by atoms with Crippen LogP contribution in [0.15, 0.2) is 11.4 Å². The fourth-order valence-corrected chi connectivity index (χ4v) is 3.98. The minimum Gasteiger partial charge on any atom is -0.376 e. The van der Waals surface area contributed by atoms with E-state index in [1.807, 2.05) is 11.3 Å². The van der Waals surface area contributed by atoms with E-state index >= 15 is 0 Å². The lowest BCUT2D eigenvalue weighted by atomic mass is 10.1. The van der Waals surface area contributed by atoms with Crippen LogP contribution in [-0.2, 0) is 17.7 Å². The summed E-state index contributed by atoms with van der Waals surface area (Å²) in [7, 11) is 0. The van der Waals surface area contributed by atoms with Gasteiger partial charge in [-0.2, -0.15) is 0 Å². The molecule has 2 atom stereocenters. The molecule has 0 saturated carbocycles. The molecule has 122 valence electrons. The molecule has 0 radical (unpaired) electrons. The Labute approximate surface area is 136 Å². The Balaban J connectivity index is 1.37. The molecular weight excluding hydrogens is 298 g/mol. The van der Waals surface area contributed by atoms with Crippen LogP contribution in [0.3, 0.4) is 0 Å². The maximum absolute atomic E-state index is 11.8. The average molecular weight is 323 g/mol. The highest BCUT2D eigenvalue weighted by atomic mass is 32.1. The Kier molecular flexibility index (Phi) is 5.33. The van der Waals surface area contributed by atoms with Crippen LogP contribution in [0.2, 0.25) is 0 Å². The summed E-state index contributed by atoms with van der Waals surface area (Å²) in [5.74, 6) is 0. The summed E-state index contributed by atoms with van der Waals surface area (Å²) >= 11 is 1.86. The van der Waals surface area contributed by atoms with E-state index in [0.717, 1.165) is 39.0 Å². The minimum atomic E-state index is -0.0874.